The van der Waals surface area contributed by atoms with E-state index >= 15 is 0 Å². The minimum absolute atomic E-state index is 0.402. The Hall–Kier alpha value is -1.66. The number of benzene rings is 2. The standard InChI is InChI=1S/C14H9Br2N3O/c15-9-3-1-2-8(6-9)13-18-14(20-19-13)11-7-10(16)4-5-12(11)17/h1-7H,17H2. The molecule has 0 aliphatic heterocycles. The molecule has 0 saturated carbocycles. The van der Waals surface area contributed by atoms with Crippen LogP contribution >= 0.6 is 31.9 Å². The first-order chi connectivity index (χ1) is 9.63. The molecule has 0 aliphatic carbocycles. The van der Waals surface area contributed by atoms with Gasteiger partial charge in [-0.3, -0.25) is 0 Å². The van der Waals surface area contributed by atoms with Crippen LogP contribution in [0, 0.1) is 0 Å². The van der Waals surface area contributed by atoms with Crippen LogP contribution in [0.4, 0.5) is 5.69 Å². The second-order valence-corrected chi connectivity index (χ2v) is 6.00. The Bertz CT molecular complexity index is 771. The van der Waals surface area contributed by atoms with Crippen LogP contribution in [0.15, 0.2) is 55.9 Å². The van der Waals surface area contributed by atoms with Crippen molar-refractivity contribution < 1.29 is 4.52 Å². The van der Waals surface area contributed by atoms with Gasteiger partial charge in [-0.15, -0.1) is 0 Å². The number of hydrogen-bond acceptors (Lipinski definition) is 4. The van der Waals surface area contributed by atoms with Crippen LogP contribution in [0.1, 0.15) is 0 Å². The summed E-state index contributed by atoms with van der Waals surface area (Å²) in [6, 6.07) is 13.2. The number of nitrogen functional groups attached to an aromatic ring is 1. The molecule has 3 rings (SSSR count). The van der Waals surface area contributed by atoms with E-state index in [4.69, 9.17) is 10.3 Å². The van der Waals surface area contributed by atoms with Crippen molar-refractivity contribution in [1.29, 1.82) is 0 Å². The fourth-order valence-corrected chi connectivity index (χ4v) is 2.55. The summed E-state index contributed by atoms with van der Waals surface area (Å²) in [6.45, 7) is 0. The second kappa shape index (κ2) is 5.38. The molecule has 0 fully saturated rings. The molecule has 1 aromatic heterocycles. The lowest BCUT2D eigenvalue weighted by atomic mass is 10.2. The first-order valence-electron chi connectivity index (χ1n) is 5.78. The average molecular weight is 395 g/mol. The van der Waals surface area contributed by atoms with Crippen LogP contribution in [0.25, 0.3) is 22.8 Å². The van der Waals surface area contributed by atoms with Crippen LogP contribution < -0.4 is 5.73 Å². The number of rotatable bonds is 2. The van der Waals surface area contributed by atoms with Crippen molar-refractivity contribution in [2.75, 3.05) is 5.73 Å². The fourth-order valence-electron chi connectivity index (χ4n) is 1.79. The van der Waals surface area contributed by atoms with E-state index in [0.717, 1.165) is 14.5 Å². The van der Waals surface area contributed by atoms with Crippen molar-refractivity contribution in [3.05, 3.63) is 51.4 Å². The second-order valence-electron chi connectivity index (χ2n) is 4.17. The predicted octanol–water partition coefficient (Wildman–Crippen LogP) is 4.51. The molecular weight excluding hydrogens is 386 g/mol. The molecule has 1 heterocycles. The maximum atomic E-state index is 5.94. The Morgan fingerprint density at radius 2 is 1.80 bits per heavy atom. The SMILES string of the molecule is Nc1ccc(Br)cc1-c1nc(-c2cccc(Br)c2)no1. The highest BCUT2D eigenvalue weighted by molar-refractivity contribution is 9.10. The zero-order valence-electron chi connectivity index (χ0n) is 10.2. The number of nitrogens with two attached hydrogens (primary N) is 1. The molecule has 0 saturated heterocycles. The molecule has 2 N–H and O–H groups in total. The van der Waals surface area contributed by atoms with Crippen LogP contribution in [0.3, 0.4) is 0 Å². The smallest absolute Gasteiger partial charge is 0.260 e. The van der Waals surface area contributed by atoms with Gasteiger partial charge in [0, 0.05) is 20.2 Å². The van der Waals surface area contributed by atoms with E-state index in [0.29, 0.717) is 23.0 Å². The molecule has 0 atom stereocenters. The summed E-state index contributed by atoms with van der Waals surface area (Å²) in [5.41, 5.74) is 8.13. The summed E-state index contributed by atoms with van der Waals surface area (Å²) in [7, 11) is 0. The Kier molecular flexibility index (Phi) is 3.58. The van der Waals surface area contributed by atoms with Crippen molar-refractivity contribution in [2.24, 2.45) is 0 Å². The Labute approximate surface area is 132 Å². The molecule has 0 spiro atoms. The molecule has 100 valence electrons. The van der Waals surface area contributed by atoms with E-state index in [1.807, 2.05) is 36.4 Å². The predicted molar refractivity (Wildman–Crippen MR) is 85.0 cm³/mol. The largest absolute Gasteiger partial charge is 0.398 e. The topological polar surface area (TPSA) is 64.9 Å². The van der Waals surface area contributed by atoms with E-state index < -0.39 is 0 Å². The fraction of sp³-hybridized carbons (Fsp3) is 0. The number of aromatic nitrogens is 2. The summed E-state index contributed by atoms with van der Waals surface area (Å²) in [6.07, 6.45) is 0. The van der Waals surface area contributed by atoms with E-state index in [-0.39, 0.29) is 0 Å². The molecule has 6 heteroatoms. The highest BCUT2D eigenvalue weighted by atomic mass is 79.9. The third-order valence-electron chi connectivity index (χ3n) is 2.75. The number of anilines is 1. The minimum Gasteiger partial charge on any atom is -0.398 e. The van der Waals surface area contributed by atoms with Gasteiger partial charge in [0.2, 0.25) is 5.82 Å². The Balaban J connectivity index is 2.04. The van der Waals surface area contributed by atoms with Gasteiger partial charge in [0.25, 0.3) is 5.89 Å². The monoisotopic (exact) mass is 393 g/mol. The normalized spacial score (nSPS) is 10.7. The van der Waals surface area contributed by atoms with Gasteiger partial charge < -0.3 is 10.3 Å². The third kappa shape index (κ3) is 2.62. The maximum absolute atomic E-state index is 5.94. The zero-order valence-corrected chi connectivity index (χ0v) is 13.3. The quantitative estimate of drug-likeness (QED) is 0.649. The molecule has 2 aromatic carbocycles. The van der Waals surface area contributed by atoms with Gasteiger partial charge in [-0.05, 0) is 30.3 Å². The lowest BCUT2D eigenvalue weighted by Crippen LogP contribution is -1.90. The van der Waals surface area contributed by atoms with E-state index in [1.165, 1.54) is 0 Å². The third-order valence-corrected chi connectivity index (χ3v) is 3.74. The molecular formula is C14H9Br2N3O. The van der Waals surface area contributed by atoms with Crippen LogP contribution in [-0.2, 0) is 0 Å². The van der Waals surface area contributed by atoms with Gasteiger partial charge >= 0.3 is 0 Å². The molecule has 0 amide bonds. The van der Waals surface area contributed by atoms with Gasteiger partial charge in [-0.2, -0.15) is 4.98 Å². The summed E-state index contributed by atoms with van der Waals surface area (Å²) in [5, 5.41) is 4.00. The average Bonchev–Trinajstić information content (AvgIpc) is 2.91. The van der Waals surface area contributed by atoms with E-state index in [9.17, 15) is 0 Å². The lowest BCUT2D eigenvalue weighted by molar-refractivity contribution is 0.432. The molecule has 3 aromatic rings. The molecule has 4 nitrogen and oxygen atoms in total. The number of nitrogens with zero attached hydrogens (tertiary/aromatic N) is 2. The zero-order chi connectivity index (χ0) is 14.1. The molecule has 0 radical (unpaired) electrons. The van der Waals surface area contributed by atoms with Crippen molar-refractivity contribution in [3.63, 3.8) is 0 Å². The summed E-state index contributed by atoms with van der Waals surface area (Å²) in [4.78, 5) is 4.39. The van der Waals surface area contributed by atoms with Crippen molar-refractivity contribution >= 4 is 37.5 Å². The maximum Gasteiger partial charge on any atom is 0.260 e. The highest BCUT2D eigenvalue weighted by Gasteiger charge is 2.13. The summed E-state index contributed by atoms with van der Waals surface area (Å²) < 4.78 is 7.17. The first kappa shape index (κ1) is 13.3. The summed E-state index contributed by atoms with van der Waals surface area (Å²) in [5.74, 6) is 0.930. The van der Waals surface area contributed by atoms with Gasteiger partial charge in [0.1, 0.15) is 0 Å². The van der Waals surface area contributed by atoms with E-state index in [2.05, 4.69) is 42.0 Å². The number of halogens is 2. The van der Waals surface area contributed by atoms with Gasteiger partial charge in [-0.25, -0.2) is 0 Å². The van der Waals surface area contributed by atoms with Gasteiger partial charge in [0.15, 0.2) is 0 Å². The Morgan fingerprint density at radius 1 is 1.00 bits per heavy atom. The first-order valence-corrected chi connectivity index (χ1v) is 7.37. The van der Waals surface area contributed by atoms with Crippen molar-refractivity contribution in [3.8, 4) is 22.8 Å². The highest BCUT2D eigenvalue weighted by Crippen LogP contribution is 2.29. The van der Waals surface area contributed by atoms with Gasteiger partial charge in [0.05, 0.1) is 5.56 Å². The van der Waals surface area contributed by atoms with Crippen LogP contribution in [-0.4, -0.2) is 10.1 Å². The molecule has 0 unspecified atom stereocenters. The van der Waals surface area contributed by atoms with Crippen molar-refractivity contribution in [1.82, 2.24) is 10.1 Å². The van der Waals surface area contributed by atoms with Crippen LogP contribution in [0.2, 0.25) is 0 Å². The molecule has 0 aliphatic rings. The van der Waals surface area contributed by atoms with E-state index in [1.54, 1.807) is 6.07 Å². The molecule has 20 heavy (non-hydrogen) atoms. The molecule has 0 bridgehead atoms. The summed E-state index contributed by atoms with van der Waals surface area (Å²) >= 11 is 6.82. The van der Waals surface area contributed by atoms with Gasteiger partial charge in [-0.1, -0.05) is 49.1 Å². The lowest BCUT2D eigenvalue weighted by Gasteiger charge is -2.00. The minimum atomic E-state index is 0.402. The number of hydrogen-bond donors (Lipinski definition) is 1. The Morgan fingerprint density at radius 3 is 2.60 bits per heavy atom. The van der Waals surface area contributed by atoms with Crippen LogP contribution in [0.5, 0.6) is 0 Å². The van der Waals surface area contributed by atoms with Crippen molar-refractivity contribution in [2.45, 2.75) is 0 Å².